The van der Waals surface area contributed by atoms with Crippen LogP contribution in [0, 0.1) is 0 Å². The number of hydrogen-bond acceptors (Lipinski definition) is 11. The molecule has 0 bridgehead atoms. The molecule has 0 aliphatic carbocycles. The van der Waals surface area contributed by atoms with E-state index in [1.165, 1.54) is 19.1 Å². The van der Waals surface area contributed by atoms with Crippen molar-refractivity contribution in [1.82, 2.24) is 35.7 Å². The Morgan fingerprint density at radius 3 is 2.82 bits per heavy atom. The van der Waals surface area contributed by atoms with Gasteiger partial charge in [-0.05, 0) is 74.7 Å². The first-order valence-electron chi connectivity index (χ1n) is 13.3. The first kappa shape index (κ1) is 26.1. The SMILES string of the molecule is COCC1(COC)Oc2ccc(C3(N)N=CC(F)=C(N[C@@H]4C[C@@H]5CCCN5C(C)(C)C4)N3)cc2-n2nnnc21. The van der Waals surface area contributed by atoms with E-state index in [-0.39, 0.29) is 30.6 Å². The van der Waals surface area contributed by atoms with Crippen LogP contribution in [0.3, 0.4) is 0 Å². The van der Waals surface area contributed by atoms with E-state index < -0.39 is 17.2 Å². The van der Waals surface area contributed by atoms with Crippen LogP contribution in [0.2, 0.25) is 0 Å². The van der Waals surface area contributed by atoms with Gasteiger partial charge < -0.3 is 24.8 Å². The van der Waals surface area contributed by atoms with Crippen molar-refractivity contribution in [3.63, 3.8) is 0 Å². The van der Waals surface area contributed by atoms with Crippen molar-refractivity contribution in [2.75, 3.05) is 34.0 Å². The summed E-state index contributed by atoms with van der Waals surface area (Å²) in [6, 6.07) is 5.98. The minimum absolute atomic E-state index is 0.0412. The number of ether oxygens (including phenoxy) is 3. The van der Waals surface area contributed by atoms with E-state index in [0.717, 1.165) is 19.4 Å². The number of aromatic nitrogens is 4. The third-order valence-electron chi connectivity index (χ3n) is 8.31. The standard InChI is InChI=1S/C26H36FN9O3/c1-24(2)12-17(11-18-6-5-9-35(18)24)30-22-19(27)13-29-26(28,31-22)16-7-8-21-20(10-16)36-23(32-33-34-36)25(39-21,14-37-3)15-38-4/h7-8,10,13,17-18,30-31H,5-6,9,11-12,14-15,28H2,1-4H3/t17-,18+,26?/m1/s1. The number of nitrogens with two attached hydrogens (primary N) is 1. The van der Waals surface area contributed by atoms with Crippen LogP contribution < -0.4 is 21.1 Å². The lowest BCUT2D eigenvalue weighted by molar-refractivity contribution is -0.0749. The van der Waals surface area contributed by atoms with E-state index >= 15 is 4.39 Å². The Morgan fingerprint density at radius 1 is 1.26 bits per heavy atom. The zero-order valence-electron chi connectivity index (χ0n) is 22.8. The van der Waals surface area contributed by atoms with Crippen molar-refractivity contribution >= 4 is 6.21 Å². The topological polar surface area (TPSA) is 137 Å². The highest BCUT2D eigenvalue weighted by Crippen LogP contribution is 2.41. The Kier molecular flexibility index (Phi) is 6.36. The first-order chi connectivity index (χ1) is 18.7. The number of halogens is 1. The summed E-state index contributed by atoms with van der Waals surface area (Å²) in [5, 5.41) is 18.8. The molecular weight excluding hydrogens is 505 g/mol. The minimum atomic E-state index is -1.42. The number of tetrazole rings is 1. The molecule has 0 saturated carbocycles. The van der Waals surface area contributed by atoms with Crippen LogP contribution >= 0.6 is 0 Å². The lowest BCUT2D eigenvalue weighted by Crippen LogP contribution is -2.59. The number of nitrogens with one attached hydrogen (secondary N) is 2. The van der Waals surface area contributed by atoms with Gasteiger partial charge >= 0.3 is 0 Å². The molecule has 1 unspecified atom stereocenters. The Balaban J connectivity index is 1.26. The van der Waals surface area contributed by atoms with Gasteiger partial charge in [-0.2, -0.15) is 4.68 Å². The number of allylic oxidation sites excluding steroid dienone is 1. The summed E-state index contributed by atoms with van der Waals surface area (Å²) in [6.45, 7) is 6.03. The van der Waals surface area contributed by atoms with Gasteiger partial charge in [0.2, 0.25) is 17.2 Å². The Labute approximate surface area is 226 Å². The molecule has 1 aromatic heterocycles. The summed E-state index contributed by atoms with van der Waals surface area (Å²) in [7, 11) is 3.16. The normalized spacial score (nSPS) is 28.8. The predicted molar refractivity (Wildman–Crippen MR) is 141 cm³/mol. The molecule has 6 rings (SSSR count). The van der Waals surface area contributed by atoms with Crippen LogP contribution in [0.5, 0.6) is 5.75 Å². The largest absolute Gasteiger partial charge is 0.472 e. The molecule has 2 fully saturated rings. The lowest BCUT2D eigenvalue weighted by atomic mass is 9.84. The van der Waals surface area contributed by atoms with Crippen LogP contribution in [0.25, 0.3) is 5.69 Å². The number of aliphatic imine (C=N–C) groups is 1. The van der Waals surface area contributed by atoms with Crippen LogP contribution in [0.15, 0.2) is 34.8 Å². The average Bonchev–Trinajstić information content (AvgIpc) is 3.58. The second kappa shape index (κ2) is 9.51. The zero-order chi connectivity index (χ0) is 27.4. The van der Waals surface area contributed by atoms with Gasteiger partial charge in [0.25, 0.3) is 0 Å². The lowest BCUT2D eigenvalue weighted by Gasteiger charge is -2.48. The number of piperidine rings is 1. The second-order valence-electron chi connectivity index (χ2n) is 11.5. The molecule has 5 heterocycles. The number of methoxy groups -OCH3 is 2. The molecule has 4 aliphatic heterocycles. The fourth-order valence-electron chi connectivity index (χ4n) is 6.67. The molecule has 13 heteroatoms. The Hall–Kier alpha value is -3.13. The third-order valence-corrected chi connectivity index (χ3v) is 8.31. The van der Waals surface area contributed by atoms with Crippen LogP contribution in [0.1, 0.15) is 50.9 Å². The Morgan fingerprint density at radius 2 is 2.05 bits per heavy atom. The molecule has 2 aromatic rings. The van der Waals surface area contributed by atoms with E-state index in [4.69, 9.17) is 19.9 Å². The molecule has 1 aromatic carbocycles. The number of fused-ring (bicyclic) bond motifs is 4. The van der Waals surface area contributed by atoms with Gasteiger partial charge in [-0.3, -0.25) is 10.6 Å². The van der Waals surface area contributed by atoms with E-state index in [2.05, 4.69) is 49.9 Å². The molecule has 12 nitrogen and oxygen atoms in total. The fraction of sp³-hybridized carbons (Fsp3) is 0.615. The fourth-order valence-corrected chi connectivity index (χ4v) is 6.67. The van der Waals surface area contributed by atoms with Crippen molar-refractivity contribution in [3.05, 3.63) is 41.2 Å². The van der Waals surface area contributed by atoms with Gasteiger partial charge in [-0.15, -0.1) is 5.10 Å². The number of rotatable bonds is 7. The highest BCUT2D eigenvalue weighted by molar-refractivity contribution is 5.78. The minimum Gasteiger partial charge on any atom is -0.472 e. The van der Waals surface area contributed by atoms with Crippen molar-refractivity contribution in [1.29, 1.82) is 0 Å². The Bertz CT molecular complexity index is 1310. The summed E-state index contributed by atoms with van der Waals surface area (Å²) < 4.78 is 33.8. The molecule has 0 radical (unpaired) electrons. The van der Waals surface area contributed by atoms with Crippen molar-refractivity contribution in [2.24, 2.45) is 10.7 Å². The monoisotopic (exact) mass is 541 g/mol. The van der Waals surface area contributed by atoms with Crippen molar-refractivity contribution in [2.45, 2.75) is 68.5 Å². The molecule has 3 atom stereocenters. The third kappa shape index (κ3) is 4.37. The van der Waals surface area contributed by atoms with E-state index in [1.807, 2.05) is 0 Å². The maximum Gasteiger partial charge on any atom is 0.216 e. The quantitative estimate of drug-likeness (QED) is 0.472. The zero-order valence-corrected chi connectivity index (χ0v) is 22.8. The highest BCUT2D eigenvalue weighted by atomic mass is 19.1. The van der Waals surface area contributed by atoms with E-state index in [0.29, 0.717) is 28.9 Å². The summed E-state index contributed by atoms with van der Waals surface area (Å²) in [4.78, 5) is 6.93. The molecule has 0 spiro atoms. The summed E-state index contributed by atoms with van der Waals surface area (Å²) in [5.74, 6) is -0.678. The molecule has 210 valence electrons. The van der Waals surface area contributed by atoms with Gasteiger partial charge in [0.15, 0.2) is 5.83 Å². The van der Waals surface area contributed by atoms with Gasteiger partial charge in [-0.25, -0.2) is 9.38 Å². The van der Waals surface area contributed by atoms with Crippen LogP contribution in [-0.2, 0) is 20.9 Å². The summed E-state index contributed by atoms with van der Waals surface area (Å²) >= 11 is 0. The molecule has 2 saturated heterocycles. The van der Waals surface area contributed by atoms with Crippen LogP contribution in [0.4, 0.5) is 4.39 Å². The van der Waals surface area contributed by atoms with Gasteiger partial charge in [0.1, 0.15) is 17.3 Å². The number of benzene rings is 1. The van der Waals surface area contributed by atoms with E-state index in [9.17, 15) is 0 Å². The predicted octanol–water partition coefficient (Wildman–Crippen LogP) is 1.42. The number of hydrogen-bond donors (Lipinski definition) is 3. The van der Waals surface area contributed by atoms with Crippen molar-refractivity contribution < 1.29 is 18.6 Å². The maximum atomic E-state index is 15.0. The second-order valence-corrected chi connectivity index (χ2v) is 11.5. The van der Waals surface area contributed by atoms with Crippen LogP contribution in [-0.4, -0.2) is 82.9 Å². The maximum absolute atomic E-state index is 15.0. The molecule has 4 aliphatic rings. The highest BCUT2D eigenvalue weighted by Gasteiger charge is 2.46. The summed E-state index contributed by atoms with van der Waals surface area (Å²) in [6.07, 6.45) is 5.41. The van der Waals surface area contributed by atoms with Crippen molar-refractivity contribution in [3.8, 4) is 11.4 Å². The average molecular weight is 542 g/mol. The molecule has 39 heavy (non-hydrogen) atoms. The van der Waals surface area contributed by atoms with Gasteiger partial charge in [0, 0.05) is 37.4 Å². The molecule has 0 amide bonds. The molecular formula is C26H36FN9O3. The molecule has 4 N–H and O–H groups in total. The smallest absolute Gasteiger partial charge is 0.216 e. The van der Waals surface area contributed by atoms with Gasteiger partial charge in [-0.1, -0.05) is 0 Å². The summed E-state index contributed by atoms with van der Waals surface area (Å²) in [5.41, 5.74) is 6.95. The first-order valence-corrected chi connectivity index (χ1v) is 13.3. The van der Waals surface area contributed by atoms with Gasteiger partial charge in [0.05, 0.1) is 19.4 Å². The number of nitrogens with zero attached hydrogens (tertiary/aromatic N) is 6. The van der Waals surface area contributed by atoms with E-state index in [1.54, 1.807) is 37.1 Å².